The summed E-state index contributed by atoms with van der Waals surface area (Å²) >= 11 is 0. The monoisotopic (exact) mass is 392 g/mol. The van der Waals surface area contributed by atoms with Crippen LogP contribution in [0.1, 0.15) is 17.5 Å². The number of carbonyl (C=O) groups is 1. The minimum atomic E-state index is -0.0691. The van der Waals surface area contributed by atoms with Crippen LogP contribution in [0.4, 0.5) is 17.1 Å². The van der Waals surface area contributed by atoms with Crippen LogP contribution >= 0.6 is 0 Å². The second-order valence-electron chi connectivity index (χ2n) is 7.47. The minimum absolute atomic E-state index is 0.0691. The van der Waals surface area contributed by atoms with Crippen molar-refractivity contribution in [2.24, 2.45) is 0 Å². The highest BCUT2D eigenvalue weighted by molar-refractivity contribution is 6.32. The number of fused-ring (bicyclic) bond motifs is 1. The van der Waals surface area contributed by atoms with Gasteiger partial charge in [0.2, 0.25) is 0 Å². The van der Waals surface area contributed by atoms with Gasteiger partial charge in [-0.25, -0.2) is 0 Å². The second kappa shape index (κ2) is 9.11. The Labute approximate surface area is 171 Å². The lowest BCUT2D eigenvalue weighted by Crippen LogP contribution is -2.37. The number of anilines is 3. The van der Waals surface area contributed by atoms with Crippen LogP contribution in [0.3, 0.4) is 0 Å². The Balaban J connectivity index is 1.29. The van der Waals surface area contributed by atoms with E-state index in [-0.39, 0.29) is 5.91 Å². The number of benzene rings is 2. The molecule has 152 valence electrons. The Hall–Kier alpha value is -2.83. The van der Waals surface area contributed by atoms with E-state index >= 15 is 0 Å². The molecule has 2 heterocycles. The Kier molecular flexibility index (Phi) is 6.12. The Bertz CT molecular complexity index is 886. The molecule has 2 aromatic rings. The quantitative estimate of drug-likeness (QED) is 0.497. The zero-order valence-electron chi connectivity index (χ0n) is 16.8. The minimum Gasteiger partial charge on any atom is -0.385 e. The topological polar surface area (TPSA) is 65.6 Å². The fraction of sp³-hybridized carbons (Fsp3) is 0.348. The summed E-state index contributed by atoms with van der Waals surface area (Å²) in [4.78, 5) is 14.7. The van der Waals surface area contributed by atoms with Crippen molar-refractivity contribution in [1.82, 2.24) is 4.90 Å². The third-order valence-electron chi connectivity index (χ3n) is 5.39. The number of aryl methyl sites for hydroxylation is 1. The van der Waals surface area contributed by atoms with Crippen molar-refractivity contribution in [1.29, 1.82) is 0 Å². The molecule has 0 aliphatic carbocycles. The average molecular weight is 393 g/mol. The smallest absolute Gasteiger partial charge is 0.257 e. The van der Waals surface area contributed by atoms with E-state index in [4.69, 9.17) is 4.74 Å². The molecule has 0 spiro atoms. The molecule has 0 aromatic heterocycles. The molecule has 2 aromatic carbocycles. The van der Waals surface area contributed by atoms with Crippen molar-refractivity contribution in [2.45, 2.75) is 13.3 Å². The average Bonchev–Trinajstić information content (AvgIpc) is 3.07. The first-order valence-electron chi connectivity index (χ1n) is 10.2. The van der Waals surface area contributed by atoms with E-state index in [1.807, 2.05) is 37.3 Å². The number of carbonyl (C=O) groups excluding carboxylic acids is 1. The van der Waals surface area contributed by atoms with E-state index in [1.165, 1.54) is 0 Å². The first-order valence-corrected chi connectivity index (χ1v) is 10.2. The van der Waals surface area contributed by atoms with Crippen molar-refractivity contribution in [3.05, 3.63) is 59.8 Å². The van der Waals surface area contributed by atoms with Crippen LogP contribution in [-0.4, -0.2) is 50.2 Å². The second-order valence-corrected chi connectivity index (χ2v) is 7.47. The van der Waals surface area contributed by atoms with Gasteiger partial charge in [-0.2, -0.15) is 0 Å². The number of nitrogens with one attached hydrogen (secondary N) is 3. The third kappa shape index (κ3) is 4.78. The number of hydrogen-bond acceptors (Lipinski definition) is 5. The van der Waals surface area contributed by atoms with Gasteiger partial charge in [0, 0.05) is 48.5 Å². The van der Waals surface area contributed by atoms with Gasteiger partial charge in [-0.15, -0.1) is 0 Å². The molecule has 29 heavy (non-hydrogen) atoms. The lowest BCUT2D eigenvalue weighted by atomic mass is 10.0. The van der Waals surface area contributed by atoms with Crippen LogP contribution in [-0.2, 0) is 9.53 Å². The summed E-state index contributed by atoms with van der Waals surface area (Å²) in [6.45, 7) is 7.86. The maximum absolute atomic E-state index is 12.3. The van der Waals surface area contributed by atoms with Gasteiger partial charge in [0.05, 0.1) is 18.8 Å². The van der Waals surface area contributed by atoms with Crippen LogP contribution in [0.2, 0.25) is 0 Å². The van der Waals surface area contributed by atoms with E-state index in [1.54, 1.807) is 6.20 Å². The number of nitrogens with zero attached hydrogens (tertiary/aromatic N) is 1. The molecule has 0 saturated carbocycles. The molecular formula is C23H28N4O2. The van der Waals surface area contributed by atoms with E-state index in [2.05, 4.69) is 33.0 Å². The predicted molar refractivity (Wildman–Crippen MR) is 118 cm³/mol. The summed E-state index contributed by atoms with van der Waals surface area (Å²) in [7, 11) is 0. The lowest BCUT2D eigenvalue weighted by Gasteiger charge is -2.26. The summed E-state index contributed by atoms with van der Waals surface area (Å²) in [6, 6.07) is 14.1. The number of rotatable bonds is 7. The number of hydrogen-bond donors (Lipinski definition) is 3. The highest BCUT2D eigenvalue weighted by Crippen LogP contribution is 2.34. The molecule has 0 radical (unpaired) electrons. The summed E-state index contributed by atoms with van der Waals surface area (Å²) in [5.41, 5.74) is 5.66. The van der Waals surface area contributed by atoms with Gasteiger partial charge in [0.15, 0.2) is 0 Å². The summed E-state index contributed by atoms with van der Waals surface area (Å²) in [5, 5.41) is 9.64. The lowest BCUT2D eigenvalue weighted by molar-refractivity contribution is -0.110. The molecule has 0 bridgehead atoms. The molecule has 2 aliphatic heterocycles. The molecule has 1 fully saturated rings. The van der Waals surface area contributed by atoms with Gasteiger partial charge in [0.25, 0.3) is 5.91 Å². The van der Waals surface area contributed by atoms with Crippen molar-refractivity contribution in [2.75, 3.05) is 55.3 Å². The summed E-state index contributed by atoms with van der Waals surface area (Å²) in [5.74, 6) is -0.0691. The molecule has 6 nitrogen and oxygen atoms in total. The zero-order chi connectivity index (χ0) is 20.1. The van der Waals surface area contributed by atoms with Gasteiger partial charge in [0.1, 0.15) is 0 Å². The Morgan fingerprint density at radius 3 is 2.66 bits per heavy atom. The van der Waals surface area contributed by atoms with Crippen LogP contribution in [0.25, 0.3) is 5.57 Å². The van der Waals surface area contributed by atoms with E-state index in [9.17, 15) is 4.79 Å². The standard InChI is InChI=1S/C23H28N4O2/c1-17-4-2-5-21-22(17)20(23(28)26-21)16-25-19-8-6-18(7-9-19)24-10-3-11-27-12-14-29-15-13-27/h2,4-9,16,24-25H,3,10-15H2,1H3,(H,26,28). The number of ether oxygens (including phenoxy) is 1. The predicted octanol–water partition coefficient (Wildman–Crippen LogP) is 3.53. The van der Waals surface area contributed by atoms with E-state index < -0.39 is 0 Å². The molecule has 2 aliphatic rings. The SMILES string of the molecule is Cc1cccc2c1C(=CNc1ccc(NCCCN3CCOCC3)cc1)C(=O)N2. The largest absolute Gasteiger partial charge is 0.385 e. The van der Waals surface area contributed by atoms with Crippen molar-refractivity contribution < 1.29 is 9.53 Å². The molecule has 0 unspecified atom stereocenters. The molecular weight excluding hydrogens is 364 g/mol. The summed E-state index contributed by atoms with van der Waals surface area (Å²) in [6.07, 6.45) is 2.90. The van der Waals surface area contributed by atoms with E-state index in [0.717, 1.165) is 74.0 Å². The highest BCUT2D eigenvalue weighted by atomic mass is 16.5. The fourth-order valence-electron chi connectivity index (χ4n) is 3.77. The highest BCUT2D eigenvalue weighted by Gasteiger charge is 2.25. The van der Waals surface area contributed by atoms with Crippen LogP contribution in [0.5, 0.6) is 0 Å². The Morgan fingerprint density at radius 1 is 1.10 bits per heavy atom. The fourth-order valence-corrected chi connectivity index (χ4v) is 3.77. The van der Waals surface area contributed by atoms with Crippen molar-refractivity contribution >= 4 is 28.5 Å². The van der Waals surface area contributed by atoms with E-state index in [0.29, 0.717) is 5.57 Å². The summed E-state index contributed by atoms with van der Waals surface area (Å²) < 4.78 is 5.38. The third-order valence-corrected chi connectivity index (χ3v) is 5.39. The molecule has 1 saturated heterocycles. The Morgan fingerprint density at radius 2 is 1.86 bits per heavy atom. The molecule has 3 N–H and O–H groups in total. The van der Waals surface area contributed by atoms with Crippen LogP contribution in [0, 0.1) is 6.92 Å². The van der Waals surface area contributed by atoms with Crippen LogP contribution in [0.15, 0.2) is 48.7 Å². The van der Waals surface area contributed by atoms with Gasteiger partial charge >= 0.3 is 0 Å². The number of morpholine rings is 1. The molecule has 4 rings (SSSR count). The molecule has 1 amide bonds. The maximum Gasteiger partial charge on any atom is 0.257 e. The van der Waals surface area contributed by atoms with Gasteiger partial charge in [-0.3, -0.25) is 9.69 Å². The van der Waals surface area contributed by atoms with Gasteiger partial charge in [-0.1, -0.05) is 12.1 Å². The maximum atomic E-state index is 12.3. The first kappa shape index (κ1) is 19.5. The first-order chi connectivity index (χ1) is 14.2. The molecule has 0 atom stereocenters. The zero-order valence-corrected chi connectivity index (χ0v) is 16.8. The van der Waals surface area contributed by atoms with Gasteiger partial charge in [-0.05, 0) is 55.8 Å². The number of amides is 1. The van der Waals surface area contributed by atoms with Crippen molar-refractivity contribution in [3.8, 4) is 0 Å². The van der Waals surface area contributed by atoms with Crippen LogP contribution < -0.4 is 16.0 Å². The van der Waals surface area contributed by atoms with Crippen molar-refractivity contribution in [3.63, 3.8) is 0 Å². The normalized spacial score (nSPS) is 17.8. The van der Waals surface area contributed by atoms with Gasteiger partial charge < -0.3 is 20.7 Å². The molecule has 6 heteroatoms.